The molecule has 0 aliphatic rings. The average Bonchev–Trinajstić information content (AvgIpc) is 2.16. The van der Waals surface area contributed by atoms with Gasteiger partial charge < -0.3 is 9.84 Å². The zero-order valence-corrected chi connectivity index (χ0v) is 8.66. The third kappa shape index (κ3) is 3.23. The molecule has 82 valence electrons. The van der Waals surface area contributed by atoms with Crippen LogP contribution in [0.3, 0.4) is 0 Å². The first kappa shape index (κ1) is 11.5. The number of hydrogen-bond acceptors (Lipinski definition) is 2. The molecule has 1 unspecified atom stereocenters. The third-order valence-corrected chi connectivity index (χ3v) is 2.03. The van der Waals surface area contributed by atoms with Gasteiger partial charge in [0, 0.05) is 6.07 Å². The molecule has 1 atom stereocenters. The Morgan fingerprint density at radius 1 is 1.53 bits per heavy atom. The van der Waals surface area contributed by atoms with Gasteiger partial charge in [0.15, 0.2) is 0 Å². The number of rotatable bonds is 4. The number of aromatic carboxylic acids is 1. The van der Waals surface area contributed by atoms with E-state index in [1.807, 2.05) is 13.8 Å². The number of benzene rings is 1. The van der Waals surface area contributed by atoms with Gasteiger partial charge in [-0.1, -0.05) is 6.92 Å². The highest BCUT2D eigenvalue weighted by Gasteiger charge is 2.09. The van der Waals surface area contributed by atoms with Gasteiger partial charge in [-0.25, -0.2) is 9.18 Å². The van der Waals surface area contributed by atoms with Crippen molar-refractivity contribution >= 4 is 5.97 Å². The Hall–Kier alpha value is -1.58. The number of carbonyl (C=O) groups is 1. The van der Waals surface area contributed by atoms with E-state index in [0.717, 1.165) is 12.5 Å². The maximum Gasteiger partial charge on any atom is 0.335 e. The quantitative estimate of drug-likeness (QED) is 0.834. The zero-order chi connectivity index (χ0) is 11.4. The summed E-state index contributed by atoms with van der Waals surface area (Å²) >= 11 is 0. The van der Waals surface area contributed by atoms with Crippen molar-refractivity contribution in [2.75, 3.05) is 0 Å². The van der Waals surface area contributed by atoms with Crippen LogP contribution in [0.1, 0.15) is 30.6 Å². The third-order valence-electron chi connectivity index (χ3n) is 2.03. The largest absolute Gasteiger partial charge is 0.491 e. The van der Waals surface area contributed by atoms with Crippen LogP contribution in [0.25, 0.3) is 0 Å². The van der Waals surface area contributed by atoms with Crippen molar-refractivity contribution in [1.29, 1.82) is 0 Å². The Kier molecular flexibility index (Phi) is 3.66. The topological polar surface area (TPSA) is 46.5 Å². The molecule has 3 nitrogen and oxygen atoms in total. The summed E-state index contributed by atoms with van der Waals surface area (Å²) < 4.78 is 18.3. The van der Waals surface area contributed by atoms with Crippen LogP contribution in [0, 0.1) is 5.82 Å². The first-order valence-corrected chi connectivity index (χ1v) is 4.73. The normalized spacial score (nSPS) is 12.2. The molecule has 1 N–H and O–H groups in total. The lowest BCUT2D eigenvalue weighted by molar-refractivity contribution is 0.0695. The molecule has 0 saturated heterocycles. The molecule has 4 heteroatoms. The summed E-state index contributed by atoms with van der Waals surface area (Å²) in [4.78, 5) is 10.6. The summed E-state index contributed by atoms with van der Waals surface area (Å²) in [5.41, 5.74) is -0.103. The SMILES string of the molecule is CCC(C)Oc1cc(F)cc(C(=O)O)c1. The van der Waals surface area contributed by atoms with Gasteiger partial charge in [-0.05, 0) is 25.5 Å². The molecular weight excluding hydrogens is 199 g/mol. The van der Waals surface area contributed by atoms with Crippen LogP contribution >= 0.6 is 0 Å². The molecule has 0 aliphatic heterocycles. The fourth-order valence-electron chi connectivity index (χ4n) is 1.07. The second kappa shape index (κ2) is 4.77. The highest BCUT2D eigenvalue weighted by molar-refractivity contribution is 5.88. The minimum absolute atomic E-state index is 0.0616. The predicted molar refractivity (Wildman–Crippen MR) is 53.7 cm³/mol. The van der Waals surface area contributed by atoms with Gasteiger partial charge in [-0.15, -0.1) is 0 Å². The second-order valence-corrected chi connectivity index (χ2v) is 3.32. The van der Waals surface area contributed by atoms with Crippen LogP contribution in [0.4, 0.5) is 4.39 Å². The summed E-state index contributed by atoms with van der Waals surface area (Å²) in [5.74, 6) is -1.52. The number of carboxylic acid groups (broad SMARTS) is 1. The van der Waals surface area contributed by atoms with E-state index in [1.165, 1.54) is 12.1 Å². The van der Waals surface area contributed by atoms with Crippen LogP contribution in [0.5, 0.6) is 5.75 Å². The van der Waals surface area contributed by atoms with Crippen molar-refractivity contribution < 1.29 is 19.0 Å². The van der Waals surface area contributed by atoms with Crippen LogP contribution < -0.4 is 4.74 Å². The number of carboxylic acids is 1. The van der Waals surface area contributed by atoms with E-state index in [0.29, 0.717) is 0 Å². The minimum Gasteiger partial charge on any atom is -0.491 e. The smallest absolute Gasteiger partial charge is 0.335 e. The Bertz CT molecular complexity index is 363. The monoisotopic (exact) mass is 212 g/mol. The highest BCUT2D eigenvalue weighted by atomic mass is 19.1. The molecule has 0 saturated carbocycles. The standard InChI is InChI=1S/C11H13FO3/c1-3-7(2)15-10-5-8(11(13)14)4-9(12)6-10/h4-7H,3H2,1-2H3,(H,13,14). The van der Waals surface area contributed by atoms with E-state index in [2.05, 4.69) is 0 Å². The van der Waals surface area contributed by atoms with E-state index in [9.17, 15) is 9.18 Å². The molecule has 1 aromatic carbocycles. The molecule has 0 spiro atoms. The fourth-order valence-corrected chi connectivity index (χ4v) is 1.07. The van der Waals surface area contributed by atoms with Crippen molar-refractivity contribution in [1.82, 2.24) is 0 Å². The summed E-state index contributed by atoms with van der Waals surface area (Å²) in [6, 6.07) is 3.46. The Labute approximate surface area is 87.5 Å². The minimum atomic E-state index is -1.16. The van der Waals surface area contributed by atoms with Gasteiger partial charge in [-0.3, -0.25) is 0 Å². The predicted octanol–water partition coefficient (Wildman–Crippen LogP) is 2.70. The van der Waals surface area contributed by atoms with Crippen LogP contribution in [-0.4, -0.2) is 17.2 Å². The molecule has 0 heterocycles. The molecular formula is C11H13FO3. The maximum absolute atomic E-state index is 13.0. The molecule has 0 fully saturated rings. The fraction of sp³-hybridized carbons (Fsp3) is 0.364. The second-order valence-electron chi connectivity index (χ2n) is 3.32. The Balaban J connectivity index is 2.93. The average molecular weight is 212 g/mol. The van der Waals surface area contributed by atoms with Crippen molar-refractivity contribution in [2.24, 2.45) is 0 Å². The van der Waals surface area contributed by atoms with Crippen LogP contribution in [0.15, 0.2) is 18.2 Å². The zero-order valence-electron chi connectivity index (χ0n) is 8.66. The number of ether oxygens (including phenoxy) is 1. The summed E-state index contributed by atoms with van der Waals surface area (Å²) in [6.07, 6.45) is 0.715. The van der Waals surface area contributed by atoms with Gasteiger partial charge in [-0.2, -0.15) is 0 Å². The van der Waals surface area contributed by atoms with Crippen molar-refractivity contribution in [2.45, 2.75) is 26.4 Å². The molecule has 0 bridgehead atoms. The van der Waals surface area contributed by atoms with Gasteiger partial charge in [0.2, 0.25) is 0 Å². The first-order valence-electron chi connectivity index (χ1n) is 4.73. The number of halogens is 1. The highest BCUT2D eigenvalue weighted by Crippen LogP contribution is 2.18. The van der Waals surface area contributed by atoms with Gasteiger partial charge in [0.25, 0.3) is 0 Å². The van der Waals surface area contributed by atoms with E-state index in [4.69, 9.17) is 9.84 Å². The molecule has 1 aromatic rings. The van der Waals surface area contributed by atoms with Crippen molar-refractivity contribution in [3.05, 3.63) is 29.6 Å². The van der Waals surface area contributed by atoms with E-state index >= 15 is 0 Å². The lowest BCUT2D eigenvalue weighted by Gasteiger charge is -2.12. The Morgan fingerprint density at radius 3 is 2.73 bits per heavy atom. The van der Waals surface area contributed by atoms with Crippen LogP contribution in [-0.2, 0) is 0 Å². The van der Waals surface area contributed by atoms with Gasteiger partial charge >= 0.3 is 5.97 Å². The first-order chi connectivity index (χ1) is 7.02. The summed E-state index contributed by atoms with van der Waals surface area (Å²) in [6.45, 7) is 3.77. The molecule has 0 radical (unpaired) electrons. The Morgan fingerprint density at radius 2 is 2.20 bits per heavy atom. The summed E-state index contributed by atoms with van der Waals surface area (Å²) in [5, 5.41) is 8.70. The molecule has 0 aliphatic carbocycles. The van der Waals surface area contributed by atoms with Crippen LogP contribution in [0.2, 0.25) is 0 Å². The van der Waals surface area contributed by atoms with E-state index in [1.54, 1.807) is 0 Å². The lowest BCUT2D eigenvalue weighted by atomic mass is 10.2. The molecule has 1 rings (SSSR count). The van der Waals surface area contributed by atoms with Crippen molar-refractivity contribution in [3.63, 3.8) is 0 Å². The molecule has 15 heavy (non-hydrogen) atoms. The van der Waals surface area contributed by atoms with E-state index < -0.39 is 11.8 Å². The van der Waals surface area contributed by atoms with Gasteiger partial charge in [0.05, 0.1) is 11.7 Å². The number of hydrogen-bond donors (Lipinski definition) is 1. The molecule has 0 amide bonds. The van der Waals surface area contributed by atoms with Gasteiger partial charge in [0.1, 0.15) is 11.6 Å². The molecule has 0 aromatic heterocycles. The maximum atomic E-state index is 13.0. The lowest BCUT2D eigenvalue weighted by Crippen LogP contribution is -2.10. The van der Waals surface area contributed by atoms with E-state index in [-0.39, 0.29) is 17.4 Å². The summed E-state index contributed by atoms with van der Waals surface area (Å²) in [7, 11) is 0. The van der Waals surface area contributed by atoms with Crippen molar-refractivity contribution in [3.8, 4) is 5.75 Å².